The van der Waals surface area contributed by atoms with E-state index in [2.05, 4.69) is 9.97 Å². The quantitative estimate of drug-likeness (QED) is 0.912. The van der Waals surface area contributed by atoms with Crippen LogP contribution in [0.15, 0.2) is 46.7 Å². The molecule has 2 rings (SSSR count). The van der Waals surface area contributed by atoms with Gasteiger partial charge in [0.15, 0.2) is 5.75 Å². The molecular weight excluding hydrogens is 276 g/mol. The summed E-state index contributed by atoms with van der Waals surface area (Å²) in [5, 5.41) is 10.2. The van der Waals surface area contributed by atoms with Crippen LogP contribution in [0.25, 0.3) is 0 Å². The van der Waals surface area contributed by atoms with Crippen molar-refractivity contribution in [1.29, 1.82) is 0 Å². The number of carboxylic acids is 1. The summed E-state index contributed by atoms with van der Waals surface area (Å²) < 4.78 is 5.67. The van der Waals surface area contributed by atoms with Crippen molar-refractivity contribution in [2.45, 2.75) is 30.0 Å². The minimum absolute atomic E-state index is 0.0564. The van der Waals surface area contributed by atoms with Crippen molar-refractivity contribution in [2.24, 2.45) is 0 Å². The normalized spacial score (nSPS) is 10.6. The van der Waals surface area contributed by atoms with Crippen molar-refractivity contribution in [3.63, 3.8) is 0 Å². The maximum Gasteiger partial charge on any atom is 0.337 e. The van der Waals surface area contributed by atoms with Crippen molar-refractivity contribution in [3.05, 3.63) is 42.2 Å². The number of aromatic carboxylic acids is 1. The molecule has 0 aliphatic heterocycles. The second kappa shape index (κ2) is 6.38. The van der Waals surface area contributed by atoms with Gasteiger partial charge < -0.3 is 9.84 Å². The Kier molecular flexibility index (Phi) is 4.57. The van der Waals surface area contributed by atoms with Crippen molar-refractivity contribution in [1.82, 2.24) is 9.97 Å². The van der Waals surface area contributed by atoms with Gasteiger partial charge in [-0.25, -0.2) is 14.8 Å². The van der Waals surface area contributed by atoms with Crippen LogP contribution in [0.1, 0.15) is 24.2 Å². The predicted octanol–water partition coefficient (Wildman–Crippen LogP) is 3.11. The van der Waals surface area contributed by atoms with Crippen molar-refractivity contribution < 1.29 is 14.6 Å². The number of carboxylic acid groups (broad SMARTS) is 1. The number of carbonyl (C=O) groups is 1. The summed E-state index contributed by atoms with van der Waals surface area (Å²) in [6.07, 6.45) is 3.07. The number of rotatable bonds is 5. The Labute approximate surface area is 121 Å². The summed E-state index contributed by atoms with van der Waals surface area (Å²) in [5.41, 5.74) is 0.161. The molecule has 0 bridgehead atoms. The molecule has 0 saturated carbocycles. The molecule has 0 amide bonds. The van der Waals surface area contributed by atoms with Crippen molar-refractivity contribution in [2.75, 3.05) is 0 Å². The van der Waals surface area contributed by atoms with E-state index in [0.29, 0.717) is 15.8 Å². The maximum absolute atomic E-state index is 10.8. The molecule has 2 aromatic heterocycles. The van der Waals surface area contributed by atoms with Gasteiger partial charge in [-0.2, -0.15) is 0 Å². The maximum atomic E-state index is 10.8. The topological polar surface area (TPSA) is 72.3 Å². The van der Waals surface area contributed by atoms with Crippen LogP contribution >= 0.6 is 11.8 Å². The third kappa shape index (κ3) is 3.71. The Morgan fingerprint density at radius 2 is 2.10 bits per heavy atom. The molecule has 0 unspecified atom stereocenters. The SMILES string of the molecule is CC(C)Oc1cccnc1Sc1ccc(C(=O)O)cn1. The summed E-state index contributed by atoms with van der Waals surface area (Å²) in [7, 11) is 0. The number of ether oxygens (including phenoxy) is 1. The number of pyridine rings is 2. The molecule has 1 N–H and O–H groups in total. The van der Waals surface area contributed by atoms with E-state index < -0.39 is 5.97 Å². The molecule has 5 nitrogen and oxygen atoms in total. The van der Waals surface area contributed by atoms with Gasteiger partial charge in [-0.15, -0.1) is 0 Å². The summed E-state index contributed by atoms with van der Waals surface area (Å²) in [6.45, 7) is 3.89. The molecule has 2 heterocycles. The molecule has 6 heteroatoms. The molecule has 104 valence electrons. The molecule has 0 fully saturated rings. The largest absolute Gasteiger partial charge is 0.488 e. The van der Waals surface area contributed by atoms with E-state index in [1.54, 1.807) is 12.3 Å². The van der Waals surface area contributed by atoms with E-state index in [4.69, 9.17) is 9.84 Å². The summed E-state index contributed by atoms with van der Waals surface area (Å²) in [6, 6.07) is 6.83. The number of hydrogen-bond donors (Lipinski definition) is 1. The van der Waals surface area contributed by atoms with Crippen LogP contribution < -0.4 is 4.74 Å². The van der Waals surface area contributed by atoms with Crippen molar-refractivity contribution in [3.8, 4) is 5.75 Å². The standard InChI is InChI=1S/C14H14N2O3S/c1-9(2)19-11-4-3-7-15-13(11)20-12-6-5-10(8-16-12)14(17)18/h3-9H,1-2H3,(H,17,18). The average Bonchev–Trinajstić information content (AvgIpc) is 2.41. The smallest absolute Gasteiger partial charge is 0.337 e. The highest BCUT2D eigenvalue weighted by Crippen LogP contribution is 2.32. The third-order valence-corrected chi connectivity index (χ3v) is 3.23. The second-order valence-corrected chi connectivity index (χ2v) is 5.27. The van der Waals surface area contributed by atoms with Gasteiger partial charge in [-0.3, -0.25) is 0 Å². The van der Waals surface area contributed by atoms with Crippen LogP contribution in [0.4, 0.5) is 0 Å². The number of aromatic nitrogens is 2. The molecule has 0 aliphatic rings. The van der Waals surface area contributed by atoms with Gasteiger partial charge in [-0.05, 0) is 49.9 Å². The molecule has 2 aromatic rings. The molecule has 0 aliphatic carbocycles. The zero-order valence-electron chi connectivity index (χ0n) is 11.1. The van der Waals surface area contributed by atoms with E-state index in [-0.39, 0.29) is 11.7 Å². The zero-order chi connectivity index (χ0) is 14.5. The first-order valence-corrected chi connectivity index (χ1v) is 6.87. The van der Waals surface area contributed by atoms with Gasteiger partial charge in [-0.1, -0.05) is 0 Å². The fourth-order valence-corrected chi connectivity index (χ4v) is 2.23. The Morgan fingerprint density at radius 3 is 2.70 bits per heavy atom. The van der Waals surface area contributed by atoms with Gasteiger partial charge in [0.1, 0.15) is 10.1 Å². The van der Waals surface area contributed by atoms with Crippen LogP contribution in [0, 0.1) is 0 Å². The first-order chi connectivity index (χ1) is 9.56. The predicted molar refractivity (Wildman–Crippen MR) is 75.3 cm³/mol. The molecular formula is C14H14N2O3S. The van der Waals surface area contributed by atoms with Crippen LogP contribution in [0.5, 0.6) is 5.75 Å². The first-order valence-electron chi connectivity index (χ1n) is 6.05. The van der Waals surface area contributed by atoms with Crippen LogP contribution in [-0.2, 0) is 0 Å². The lowest BCUT2D eigenvalue weighted by molar-refractivity contribution is 0.0696. The molecule has 0 atom stereocenters. The summed E-state index contributed by atoms with van der Waals surface area (Å²) >= 11 is 1.34. The van der Waals surface area contributed by atoms with Gasteiger partial charge in [0, 0.05) is 12.4 Å². The lowest BCUT2D eigenvalue weighted by Crippen LogP contribution is -2.06. The summed E-state index contributed by atoms with van der Waals surface area (Å²) in [5.74, 6) is -0.299. The average molecular weight is 290 g/mol. The molecule has 0 aromatic carbocycles. The highest BCUT2D eigenvalue weighted by atomic mass is 32.2. The highest BCUT2D eigenvalue weighted by Gasteiger charge is 2.10. The fraction of sp³-hybridized carbons (Fsp3) is 0.214. The summed E-state index contributed by atoms with van der Waals surface area (Å²) in [4.78, 5) is 19.1. The lowest BCUT2D eigenvalue weighted by Gasteiger charge is -2.12. The van der Waals surface area contributed by atoms with Gasteiger partial charge >= 0.3 is 5.97 Å². The minimum Gasteiger partial charge on any atom is -0.488 e. The Bertz CT molecular complexity index is 600. The Hall–Kier alpha value is -2.08. The molecule has 0 radical (unpaired) electrons. The second-order valence-electron chi connectivity index (χ2n) is 4.27. The molecule has 20 heavy (non-hydrogen) atoms. The first kappa shape index (κ1) is 14.3. The third-order valence-electron chi connectivity index (χ3n) is 2.28. The zero-order valence-corrected chi connectivity index (χ0v) is 11.9. The van der Waals surface area contributed by atoms with Crippen molar-refractivity contribution >= 4 is 17.7 Å². The monoisotopic (exact) mass is 290 g/mol. The van der Waals surface area contributed by atoms with E-state index in [9.17, 15) is 4.79 Å². The van der Waals surface area contributed by atoms with E-state index in [0.717, 1.165) is 0 Å². The Morgan fingerprint density at radius 1 is 1.30 bits per heavy atom. The Balaban J connectivity index is 2.19. The number of hydrogen-bond acceptors (Lipinski definition) is 5. The van der Waals surface area contributed by atoms with Gasteiger partial charge in [0.25, 0.3) is 0 Å². The van der Waals surface area contributed by atoms with Crippen LogP contribution in [0.3, 0.4) is 0 Å². The highest BCUT2D eigenvalue weighted by molar-refractivity contribution is 7.99. The molecule has 0 saturated heterocycles. The fourth-order valence-electron chi connectivity index (χ4n) is 1.46. The lowest BCUT2D eigenvalue weighted by atomic mass is 10.3. The van der Waals surface area contributed by atoms with Crippen LogP contribution in [0.2, 0.25) is 0 Å². The number of nitrogens with zero attached hydrogens (tertiary/aromatic N) is 2. The van der Waals surface area contributed by atoms with E-state index in [1.165, 1.54) is 24.0 Å². The minimum atomic E-state index is -0.990. The molecule has 0 spiro atoms. The van der Waals surface area contributed by atoms with Gasteiger partial charge in [0.05, 0.1) is 11.7 Å². The van der Waals surface area contributed by atoms with Gasteiger partial charge in [0.2, 0.25) is 0 Å². The van der Waals surface area contributed by atoms with E-state index >= 15 is 0 Å². The van der Waals surface area contributed by atoms with Crippen LogP contribution in [-0.4, -0.2) is 27.1 Å². The van der Waals surface area contributed by atoms with E-state index in [1.807, 2.05) is 26.0 Å².